The minimum Gasteiger partial charge on any atom is -0.458 e. The molecule has 0 aromatic heterocycles. The lowest BCUT2D eigenvalue weighted by atomic mass is 9.44. The van der Waals surface area contributed by atoms with Crippen LogP contribution in [0, 0.1) is 40.4 Å². The van der Waals surface area contributed by atoms with Crippen molar-refractivity contribution in [3.63, 3.8) is 0 Å². The first kappa shape index (κ1) is 22.4. The molecule has 0 unspecified atom stereocenters. The molecule has 4 fully saturated rings. The van der Waals surface area contributed by atoms with Crippen LogP contribution in [0.15, 0.2) is 0 Å². The molecule has 0 bridgehead atoms. The number of carbonyl (C=O) groups is 3. The molecule has 30 heavy (non-hydrogen) atoms. The lowest BCUT2D eigenvalue weighted by Gasteiger charge is -2.61. The summed E-state index contributed by atoms with van der Waals surface area (Å²) >= 11 is 3.63. The maximum absolute atomic E-state index is 13.1. The highest BCUT2D eigenvalue weighted by Gasteiger charge is 2.69. The first-order valence-electron chi connectivity index (χ1n) is 11.5. The smallest absolute Gasteiger partial charge is 0.303 e. The third-order valence-corrected chi connectivity index (χ3v) is 10.7. The summed E-state index contributed by atoms with van der Waals surface area (Å²) in [4.78, 5) is 36.6. The maximum atomic E-state index is 13.1. The molecule has 0 aromatic rings. The highest BCUT2D eigenvalue weighted by Crippen LogP contribution is 2.69. The van der Waals surface area contributed by atoms with E-state index in [1.165, 1.54) is 6.92 Å². The van der Waals surface area contributed by atoms with Gasteiger partial charge in [0.15, 0.2) is 6.61 Å². The van der Waals surface area contributed by atoms with Gasteiger partial charge >= 0.3 is 5.97 Å². The molecule has 6 heteroatoms. The molecule has 5 nitrogen and oxygen atoms in total. The van der Waals surface area contributed by atoms with Gasteiger partial charge < -0.3 is 9.84 Å². The number of ether oxygens (including phenoxy) is 1. The number of ketones is 2. The van der Waals surface area contributed by atoms with E-state index in [0.717, 1.165) is 38.5 Å². The monoisotopic (exact) mass is 482 g/mol. The van der Waals surface area contributed by atoms with E-state index in [-0.39, 0.29) is 34.5 Å². The summed E-state index contributed by atoms with van der Waals surface area (Å²) in [5, 5.41) is 11.8. The number of alkyl halides is 1. The highest BCUT2D eigenvalue weighted by molar-refractivity contribution is 9.10. The number of hydrogen-bond acceptors (Lipinski definition) is 5. The fraction of sp³-hybridized carbons (Fsp3) is 0.875. The predicted octanol–water partition coefficient (Wildman–Crippen LogP) is 4.08. The molecule has 0 heterocycles. The van der Waals surface area contributed by atoms with E-state index in [9.17, 15) is 19.5 Å². The third kappa shape index (κ3) is 2.99. The zero-order valence-electron chi connectivity index (χ0n) is 18.6. The molecule has 168 valence electrons. The van der Waals surface area contributed by atoms with E-state index in [1.54, 1.807) is 0 Å². The van der Waals surface area contributed by atoms with Gasteiger partial charge in [-0.25, -0.2) is 0 Å². The van der Waals surface area contributed by atoms with E-state index < -0.39 is 17.0 Å². The van der Waals surface area contributed by atoms with E-state index in [0.29, 0.717) is 30.0 Å². The third-order valence-electron chi connectivity index (χ3n) is 9.89. The molecule has 9 atom stereocenters. The molecule has 0 spiro atoms. The molecule has 0 aliphatic heterocycles. The van der Waals surface area contributed by atoms with Gasteiger partial charge in [-0.1, -0.05) is 36.7 Å². The number of rotatable bonds is 3. The molecule has 4 aliphatic rings. The Morgan fingerprint density at radius 1 is 1.20 bits per heavy atom. The first-order chi connectivity index (χ1) is 13.9. The van der Waals surface area contributed by atoms with Crippen LogP contribution in [0.25, 0.3) is 0 Å². The Hall–Kier alpha value is -0.750. The summed E-state index contributed by atoms with van der Waals surface area (Å²) in [7, 11) is 0. The van der Waals surface area contributed by atoms with Gasteiger partial charge in [-0.15, -0.1) is 0 Å². The van der Waals surface area contributed by atoms with Crippen LogP contribution >= 0.6 is 15.9 Å². The predicted molar refractivity (Wildman–Crippen MR) is 116 cm³/mol. The van der Waals surface area contributed by atoms with Crippen molar-refractivity contribution in [1.82, 2.24) is 0 Å². The van der Waals surface area contributed by atoms with Crippen molar-refractivity contribution in [2.45, 2.75) is 83.1 Å². The largest absolute Gasteiger partial charge is 0.458 e. The van der Waals surface area contributed by atoms with Crippen LogP contribution < -0.4 is 0 Å². The normalized spacial score (nSPS) is 50.3. The van der Waals surface area contributed by atoms with Crippen molar-refractivity contribution in [3.05, 3.63) is 0 Å². The summed E-state index contributed by atoms with van der Waals surface area (Å²) in [5.41, 5.74) is -1.80. The lowest BCUT2D eigenvalue weighted by molar-refractivity contribution is -0.179. The standard InChI is InChI=1S/C24H35BrO5/c1-13-9-18-16-6-5-15-10-20(27)19(25)11-22(15,3)17(16)7-8-23(18,4)24(13,29)21(28)12-30-14(2)26/h13,15-19,29H,5-12H2,1-4H3/t13-,15+,16+,17-,18-,19-,22+,23+,24+/m1/s1. The molecule has 4 aliphatic carbocycles. The fourth-order valence-electron chi connectivity index (χ4n) is 8.27. The molecule has 0 radical (unpaired) electrons. The van der Waals surface area contributed by atoms with Gasteiger partial charge in [0.25, 0.3) is 0 Å². The van der Waals surface area contributed by atoms with Gasteiger partial charge in [-0.3, -0.25) is 14.4 Å². The second-order valence-corrected chi connectivity index (χ2v) is 12.2. The Labute approximate surface area is 187 Å². The Morgan fingerprint density at radius 3 is 2.57 bits per heavy atom. The Kier molecular flexibility index (Phi) is 5.53. The van der Waals surface area contributed by atoms with Crippen LogP contribution in [0.2, 0.25) is 0 Å². The summed E-state index contributed by atoms with van der Waals surface area (Å²) in [6.07, 6.45) is 6.32. The number of fused-ring (bicyclic) bond motifs is 5. The van der Waals surface area contributed by atoms with Crippen LogP contribution in [-0.4, -0.2) is 39.7 Å². The molecule has 4 saturated carbocycles. The lowest BCUT2D eigenvalue weighted by Crippen LogP contribution is -2.61. The van der Waals surface area contributed by atoms with Crippen LogP contribution in [0.1, 0.15) is 72.6 Å². The second kappa shape index (κ2) is 7.40. The Morgan fingerprint density at radius 2 is 1.90 bits per heavy atom. The van der Waals surface area contributed by atoms with E-state index in [4.69, 9.17) is 4.74 Å². The van der Waals surface area contributed by atoms with E-state index in [2.05, 4.69) is 29.8 Å². The minimum absolute atomic E-state index is 0.0458. The van der Waals surface area contributed by atoms with Crippen LogP contribution in [0.5, 0.6) is 0 Å². The molecular weight excluding hydrogens is 448 g/mol. The average molecular weight is 483 g/mol. The van der Waals surface area contributed by atoms with Gasteiger partial charge in [0.2, 0.25) is 5.78 Å². The van der Waals surface area contributed by atoms with Crippen molar-refractivity contribution >= 4 is 33.5 Å². The summed E-state index contributed by atoms with van der Waals surface area (Å²) in [5.74, 6) is 1.07. The number of hydrogen-bond donors (Lipinski definition) is 1. The van der Waals surface area contributed by atoms with Crippen LogP contribution in [0.3, 0.4) is 0 Å². The van der Waals surface area contributed by atoms with Gasteiger partial charge in [0.1, 0.15) is 11.4 Å². The topological polar surface area (TPSA) is 80.7 Å². The van der Waals surface area contributed by atoms with E-state index in [1.807, 2.05) is 6.92 Å². The maximum Gasteiger partial charge on any atom is 0.303 e. The molecule has 0 aromatic carbocycles. The second-order valence-electron chi connectivity index (χ2n) is 11.1. The van der Waals surface area contributed by atoms with Crippen molar-refractivity contribution < 1.29 is 24.2 Å². The molecule has 0 amide bonds. The van der Waals surface area contributed by atoms with Crippen molar-refractivity contribution in [2.24, 2.45) is 40.4 Å². The molecular formula is C24H35BrO5. The summed E-state index contributed by atoms with van der Waals surface area (Å²) in [6, 6.07) is 0. The van der Waals surface area contributed by atoms with Crippen molar-refractivity contribution in [2.75, 3.05) is 6.61 Å². The zero-order valence-corrected chi connectivity index (χ0v) is 20.2. The Balaban J connectivity index is 1.62. The SMILES string of the molecule is CC(=O)OCC(=O)[C@@]1(O)[C@H](C)C[C@@H]2[C@H]3CC[C@H]4CC(=O)[C@H](Br)C[C@]4(C)[C@@H]3CC[C@@]21C. The minimum atomic E-state index is -1.45. The quantitative estimate of drug-likeness (QED) is 0.483. The van der Waals surface area contributed by atoms with Crippen molar-refractivity contribution in [3.8, 4) is 0 Å². The summed E-state index contributed by atoms with van der Waals surface area (Å²) in [6.45, 7) is 7.39. The molecule has 4 rings (SSSR count). The van der Waals surface area contributed by atoms with E-state index >= 15 is 0 Å². The molecule has 0 saturated heterocycles. The van der Waals surface area contributed by atoms with Crippen molar-refractivity contribution in [1.29, 1.82) is 0 Å². The number of esters is 1. The van der Waals surface area contributed by atoms with Crippen LogP contribution in [-0.2, 0) is 19.1 Å². The first-order valence-corrected chi connectivity index (χ1v) is 12.4. The highest BCUT2D eigenvalue weighted by atomic mass is 79.9. The van der Waals surface area contributed by atoms with Gasteiger partial charge in [0, 0.05) is 18.8 Å². The van der Waals surface area contributed by atoms with Gasteiger partial charge in [-0.05, 0) is 73.5 Å². The number of aliphatic hydroxyl groups is 1. The number of carbonyl (C=O) groups excluding carboxylic acids is 3. The average Bonchev–Trinajstić information content (AvgIpc) is 2.88. The van der Waals surface area contributed by atoms with Crippen LogP contribution in [0.4, 0.5) is 0 Å². The zero-order chi connectivity index (χ0) is 22.1. The number of Topliss-reactive ketones (excluding diaryl/α,β-unsaturated/α-hetero) is 2. The fourth-order valence-corrected chi connectivity index (χ4v) is 9.16. The van der Waals surface area contributed by atoms with Gasteiger partial charge in [0.05, 0.1) is 4.83 Å². The summed E-state index contributed by atoms with van der Waals surface area (Å²) < 4.78 is 4.98. The Bertz CT molecular complexity index is 767. The van der Waals surface area contributed by atoms with Gasteiger partial charge in [-0.2, -0.15) is 0 Å². The molecule has 1 N–H and O–H groups in total. The number of halogens is 1.